The summed E-state index contributed by atoms with van der Waals surface area (Å²) in [6.45, 7) is 6.38. The first-order valence-corrected chi connectivity index (χ1v) is 5.56. The van der Waals surface area contributed by atoms with Crippen LogP contribution in [0.3, 0.4) is 0 Å². The highest BCUT2D eigenvalue weighted by Crippen LogP contribution is 2.25. The molecule has 82 valence electrons. The third kappa shape index (κ3) is 3.12. The second-order valence-electron chi connectivity index (χ2n) is 4.36. The highest BCUT2D eigenvalue weighted by Gasteiger charge is 2.33. The Bertz CT molecular complexity index is 246. The Hall–Kier alpha value is -0.320. The van der Waals surface area contributed by atoms with Crippen molar-refractivity contribution in [3.05, 3.63) is 0 Å². The van der Waals surface area contributed by atoms with Crippen molar-refractivity contribution in [2.24, 2.45) is 4.99 Å². The van der Waals surface area contributed by atoms with Crippen molar-refractivity contribution >= 4 is 16.9 Å². The molecule has 1 unspecified atom stereocenters. The molecule has 0 saturated carbocycles. The van der Waals surface area contributed by atoms with Crippen LogP contribution in [-0.2, 0) is 0 Å². The van der Waals surface area contributed by atoms with E-state index in [1.807, 2.05) is 13.8 Å². The SMILES string of the molecule is CC(N=C1NC(C)(C)CS1)C(C)(F)F. The summed E-state index contributed by atoms with van der Waals surface area (Å²) in [5.74, 6) is -1.88. The molecule has 0 aromatic heterocycles. The molecule has 1 fully saturated rings. The van der Waals surface area contributed by atoms with Gasteiger partial charge in [-0.2, -0.15) is 0 Å². The summed E-state index contributed by atoms with van der Waals surface area (Å²) in [5.41, 5.74) is -0.0355. The molecular formula is C9H16F2N2S. The topological polar surface area (TPSA) is 24.4 Å². The fourth-order valence-electron chi connectivity index (χ4n) is 0.969. The number of alkyl halides is 2. The molecule has 0 bridgehead atoms. The number of halogens is 2. The van der Waals surface area contributed by atoms with Gasteiger partial charge in [0.2, 0.25) is 0 Å². The summed E-state index contributed by atoms with van der Waals surface area (Å²) < 4.78 is 25.6. The van der Waals surface area contributed by atoms with E-state index >= 15 is 0 Å². The number of hydrogen-bond acceptors (Lipinski definition) is 2. The van der Waals surface area contributed by atoms with Crippen LogP contribution in [0.4, 0.5) is 8.78 Å². The number of nitrogens with zero attached hydrogens (tertiary/aromatic N) is 1. The Morgan fingerprint density at radius 1 is 1.57 bits per heavy atom. The fourth-order valence-corrected chi connectivity index (χ4v) is 2.12. The summed E-state index contributed by atoms with van der Waals surface area (Å²) in [4.78, 5) is 3.96. The minimum Gasteiger partial charge on any atom is -0.359 e. The third-order valence-corrected chi connectivity index (χ3v) is 3.41. The average Bonchev–Trinajstić information content (AvgIpc) is 2.28. The summed E-state index contributed by atoms with van der Waals surface area (Å²) in [6.07, 6.45) is 0. The number of hydrogen-bond donors (Lipinski definition) is 1. The van der Waals surface area contributed by atoms with E-state index in [1.165, 1.54) is 18.7 Å². The Kier molecular flexibility index (Phi) is 3.09. The van der Waals surface area contributed by atoms with Crippen LogP contribution < -0.4 is 5.32 Å². The van der Waals surface area contributed by atoms with Crippen molar-refractivity contribution < 1.29 is 8.78 Å². The lowest BCUT2D eigenvalue weighted by atomic mass is 10.1. The van der Waals surface area contributed by atoms with Gasteiger partial charge in [0.15, 0.2) is 5.17 Å². The number of thioether (sulfide) groups is 1. The van der Waals surface area contributed by atoms with Crippen LogP contribution >= 0.6 is 11.8 Å². The smallest absolute Gasteiger partial charge is 0.267 e. The van der Waals surface area contributed by atoms with Crippen LogP contribution in [0.15, 0.2) is 4.99 Å². The molecule has 0 spiro atoms. The van der Waals surface area contributed by atoms with Gasteiger partial charge in [0.25, 0.3) is 5.92 Å². The van der Waals surface area contributed by atoms with Crippen molar-refractivity contribution in [3.63, 3.8) is 0 Å². The van der Waals surface area contributed by atoms with Crippen LogP contribution in [0, 0.1) is 0 Å². The van der Waals surface area contributed by atoms with E-state index in [-0.39, 0.29) is 5.54 Å². The van der Waals surface area contributed by atoms with Crippen LogP contribution in [-0.4, -0.2) is 28.4 Å². The molecule has 1 saturated heterocycles. The summed E-state index contributed by atoms with van der Waals surface area (Å²) in [6, 6.07) is -0.966. The molecule has 0 aliphatic carbocycles. The van der Waals surface area contributed by atoms with Gasteiger partial charge < -0.3 is 5.32 Å². The van der Waals surface area contributed by atoms with E-state index in [2.05, 4.69) is 10.3 Å². The second-order valence-corrected chi connectivity index (χ2v) is 5.33. The first kappa shape index (κ1) is 11.8. The quantitative estimate of drug-likeness (QED) is 0.776. The van der Waals surface area contributed by atoms with E-state index in [9.17, 15) is 8.78 Å². The van der Waals surface area contributed by atoms with Gasteiger partial charge in [-0.15, -0.1) is 0 Å². The predicted octanol–water partition coefficient (Wildman–Crippen LogP) is 2.50. The zero-order chi connectivity index (χ0) is 11.0. The van der Waals surface area contributed by atoms with Gasteiger partial charge in [-0.25, -0.2) is 8.78 Å². The van der Waals surface area contributed by atoms with Crippen LogP contribution in [0.25, 0.3) is 0 Å². The molecule has 0 aromatic rings. The summed E-state index contributed by atoms with van der Waals surface area (Å²) in [7, 11) is 0. The van der Waals surface area contributed by atoms with Gasteiger partial charge in [0.05, 0.1) is 0 Å². The van der Waals surface area contributed by atoms with Gasteiger partial charge in [0, 0.05) is 18.2 Å². The van der Waals surface area contributed by atoms with Gasteiger partial charge >= 0.3 is 0 Å². The first-order valence-electron chi connectivity index (χ1n) is 4.57. The molecule has 1 aliphatic heterocycles. The maximum absolute atomic E-state index is 12.8. The van der Waals surface area contributed by atoms with E-state index in [1.54, 1.807) is 0 Å². The lowest BCUT2D eigenvalue weighted by Crippen LogP contribution is -2.38. The van der Waals surface area contributed by atoms with Gasteiger partial charge in [-0.05, 0) is 20.8 Å². The average molecular weight is 222 g/mol. The molecule has 1 atom stereocenters. The normalized spacial score (nSPS) is 26.3. The number of nitrogens with one attached hydrogen (secondary N) is 1. The Balaban J connectivity index is 2.63. The molecule has 14 heavy (non-hydrogen) atoms. The van der Waals surface area contributed by atoms with Crippen molar-refractivity contribution in [2.45, 2.75) is 45.2 Å². The Labute approximate surface area is 87.6 Å². The largest absolute Gasteiger partial charge is 0.359 e. The van der Waals surface area contributed by atoms with Gasteiger partial charge in [0.1, 0.15) is 6.04 Å². The fraction of sp³-hybridized carbons (Fsp3) is 0.889. The maximum atomic E-state index is 12.8. The Morgan fingerprint density at radius 2 is 2.14 bits per heavy atom. The van der Waals surface area contributed by atoms with Crippen molar-refractivity contribution in [1.29, 1.82) is 0 Å². The molecule has 1 rings (SSSR count). The monoisotopic (exact) mass is 222 g/mol. The minimum atomic E-state index is -2.75. The zero-order valence-corrected chi connectivity index (χ0v) is 9.71. The molecule has 0 amide bonds. The molecule has 0 aromatic carbocycles. The van der Waals surface area contributed by atoms with E-state index in [0.29, 0.717) is 5.17 Å². The molecule has 1 N–H and O–H groups in total. The molecule has 0 radical (unpaired) electrons. The second kappa shape index (κ2) is 3.68. The van der Waals surface area contributed by atoms with E-state index in [4.69, 9.17) is 0 Å². The number of rotatable bonds is 2. The van der Waals surface area contributed by atoms with E-state index in [0.717, 1.165) is 12.7 Å². The number of aliphatic imine (C=N–C) groups is 1. The van der Waals surface area contributed by atoms with Crippen LogP contribution in [0.1, 0.15) is 27.7 Å². The Morgan fingerprint density at radius 3 is 2.50 bits per heavy atom. The summed E-state index contributed by atoms with van der Waals surface area (Å²) in [5, 5.41) is 3.74. The molecule has 5 heteroatoms. The van der Waals surface area contributed by atoms with Crippen LogP contribution in [0.5, 0.6) is 0 Å². The van der Waals surface area contributed by atoms with Crippen molar-refractivity contribution in [2.75, 3.05) is 5.75 Å². The van der Waals surface area contributed by atoms with Gasteiger partial charge in [-0.1, -0.05) is 11.8 Å². The molecular weight excluding hydrogens is 206 g/mol. The van der Waals surface area contributed by atoms with Crippen molar-refractivity contribution in [3.8, 4) is 0 Å². The molecule has 2 nitrogen and oxygen atoms in total. The highest BCUT2D eigenvalue weighted by molar-refractivity contribution is 8.14. The predicted molar refractivity (Wildman–Crippen MR) is 57.2 cm³/mol. The lowest BCUT2D eigenvalue weighted by molar-refractivity contribution is 0.00133. The zero-order valence-electron chi connectivity index (χ0n) is 8.90. The highest BCUT2D eigenvalue weighted by atomic mass is 32.2. The first-order chi connectivity index (χ1) is 6.21. The summed E-state index contributed by atoms with van der Waals surface area (Å²) >= 11 is 1.50. The molecule has 1 aliphatic rings. The van der Waals surface area contributed by atoms with Crippen LogP contribution in [0.2, 0.25) is 0 Å². The van der Waals surface area contributed by atoms with E-state index < -0.39 is 12.0 Å². The van der Waals surface area contributed by atoms with Crippen molar-refractivity contribution in [1.82, 2.24) is 5.32 Å². The number of amidine groups is 1. The standard InChI is InChI=1S/C9H16F2N2S/c1-6(9(4,10)11)12-7-13-8(2,3)5-14-7/h6H,5H2,1-4H3,(H,12,13). The lowest BCUT2D eigenvalue weighted by Gasteiger charge is -2.18. The minimum absolute atomic E-state index is 0.0355. The van der Waals surface area contributed by atoms with Gasteiger partial charge in [-0.3, -0.25) is 4.99 Å². The third-order valence-electron chi connectivity index (χ3n) is 2.06. The maximum Gasteiger partial charge on any atom is 0.267 e. The molecule has 1 heterocycles.